The summed E-state index contributed by atoms with van der Waals surface area (Å²) in [6, 6.07) is 61.7. The van der Waals surface area contributed by atoms with Gasteiger partial charge in [-0.1, -0.05) is 152 Å². The minimum absolute atomic E-state index is 0.614. The minimum atomic E-state index is 0.614. The van der Waals surface area contributed by atoms with Crippen molar-refractivity contribution in [1.82, 2.24) is 15.0 Å². The molecule has 0 amide bonds. The Morgan fingerprint density at radius 3 is 1.66 bits per heavy atom. The Hall–Kier alpha value is -7.17. The van der Waals surface area contributed by atoms with Crippen molar-refractivity contribution in [2.75, 3.05) is 0 Å². The second kappa shape index (κ2) is 11.7. The standard InChI is InChI=1S/C49H29N3O/c1-2-12-32-28-34(21-20-30(32)10-1)47-50-48(35-24-25-37-33(29-35)23-27-39-36-13-4-3-11-31(36)22-26-40(37)39)52-49(51-47)42-15-6-5-14-38(42)41-17-9-19-45-46(41)43-16-7-8-18-44(43)53-45/h1-29H. The Labute approximate surface area is 304 Å². The van der Waals surface area contributed by atoms with Gasteiger partial charge in [0.1, 0.15) is 11.2 Å². The highest BCUT2D eigenvalue weighted by molar-refractivity contribution is 6.17. The molecule has 11 aromatic rings. The lowest BCUT2D eigenvalue weighted by Gasteiger charge is -2.13. The minimum Gasteiger partial charge on any atom is -0.456 e. The molecule has 0 radical (unpaired) electrons. The van der Waals surface area contributed by atoms with Crippen LogP contribution in [0.4, 0.5) is 0 Å². The molecule has 11 rings (SSSR count). The molecule has 0 aliphatic rings. The summed E-state index contributed by atoms with van der Waals surface area (Å²) in [6.45, 7) is 0. The molecule has 2 heterocycles. The summed E-state index contributed by atoms with van der Waals surface area (Å²) in [5.74, 6) is 1.87. The molecule has 0 aliphatic heterocycles. The highest BCUT2D eigenvalue weighted by atomic mass is 16.3. The first kappa shape index (κ1) is 29.5. The Balaban J connectivity index is 1.13. The van der Waals surface area contributed by atoms with Crippen LogP contribution in [0, 0.1) is 0 Å². The molecule has 246 valence electrons. The summed E-state index contributed by atoms with van der Waals surface area (Å²) in [7, 11) is 0. The van der Waals surface area contributed by atoms with Gasteiger partial charge in [-0.25, -0.2) is 15.0 Å². The van der Waals surface area contributed by atoms with E-state index in [9.17, 15) is 0 Å². The molecule has 53 heavy (non-hydrogen) atoms. The van der Waals surface area contributed by atoms with Crippen LogP contribution in [0.1, 0.15) is 0 Å². The molecular formula is C49H29N3O. The van der Waals surface area contributed by atoms with Gasteiger partial charge in [0.2, 0.25) is 0 Å². The van der Waals surface area contributed by atoms with Crippen molar-refractivity contribution in [1.29, 1.82) is 0 Å². The number of hydrogen-bond acceptors (Lipinski definition) is 4. The predicted octanol–water partition coefficient (Wildman–Crippen LogP) is 13.1. The van der Waals surface area contributed by atoms with Gasteiger partial charge in [0, 0.05) is 27.5 Å². The van der Waals surface area contributed by atoms with Crippen LogP contribution in [0.25, 0.3) is 110 Å². The average Bonchev–Trinajstić information content (AvgIpc) is 3.62. The second-order valence-corrected chi connectivity index (χ2v) is 13.6. The molecule has 0 atom stereocenters. The fraction of sp³-hybridized carbons (Fsp3) is 0. The summed E-state index contributed by atoms with van der Waals surface area (Å²) >= 11 is 0. The maximum atomic E-state index is 6.29. The van der Waals surface area contributed by atoms with Gasteiger partial charge >= 0.3 is 0 Å². The molecule has 0 bridgehead atoms. The topological polar surface area (TPSA) is 51.8 Å². The molecule has 0 unspecified atom stereocenters. The van der Waals surface area contributed by atoms with E-state index in [1.54, 1.807) is 0 Å². The molecule has 2 aromatic heterocycles. The van der Waals surface area contributed by atoms with Crippen LogP contribution in [0.5, 0.6) is 0 Å². The van der Waals surface area contributed by atoms with E-state index in [1.165, 1.54) is 32.3 Å². The van der Waals surface area contributed by atoms with E-state index in [-0.39, 0.29) is 0 Å². The van der Waals surface area contributed by atoms with Crippen molar-refractivity contribution in [3.8, 4) is 45.3 Å². The molecule has 0 aliphatic carbocycles. The fourth-order valence-electron chi connectivity index (χ4n) is 7.96. The number of aromatic nitrogens is 3. The number of benzene rings is 9. The highest BCUT2D eigenvalue weighted by Crippen LogP contribution is 2.41. The SMILES string of the molecule is c1ccc(-c2cccc3oc4ccccc4c23)c(-c2nc(-c3ccc4ccccc4c3)nc(-c3ccc4c(ccc5c6ccccc6ccc45)c3)n2)c1. The van der Waals surface area contributed by atoms with Crippen LogP contribution in [0.2, 0.25) is 0 Å². The second-order valence-electron chi connectivity index (χ2n) is 13.6. The van der Waals surface area contributed by atoms with Crippen LogP contribution in [0.15, 0.2) is 180 Å². The molecule has 0 N–H and O–H groups in total. The molecule has 0 saturated heterocycles. The van der Waals surface area contributed by atoms with Crippen molar-refractivity contribution in [3.63, 3.8) is 0 Å². The van der Waals surface area contributed by atoms with Crippen LogP contribution in [0.3, 0.4) is 0 Å². The van der Waals surface area contributed by atoms with Crippen LogP contribution < -0.4 is 0 Å². The zero-order valence-electron chi connectivity index (χ0n) is 28.5. The van der Waals surface area contributed by atoms with Crippen LogP contribution in [-0.4, -0.2) is 15.0 Å². The van der Waals surface area contributed by atoms with Gasteiger partial charge in [0.05, 0.1) is 0 Å². The third kappa shape index (κ3) is 4.80. The largest absolute Gasteiger partial charge is 0.456 e. The molecule has 0 saturated carbocycles. The van der Waals surface area contributed by atoms with E-state index in [0.717, 1.165) is 60.5 Å². The number of rotatable bonds is 4. The zero-order chi connectivity index (χ0) is 34.9. The lowest BCUT2D eigenvalue weighted by Crippen LogP contribution is -2.01. The van der Waals surface area contributed by atoms with Gasteiger partial charge in [-0.3, -0.25) is 0 Å². The van der Waals surface area contributed by atoms with Crippen molar-refractivity contribution < 1.29 is 4.42 Å². The van der Waals surface area contributed by atoms with Crippen molar-refractivity contribution in [2.24, 2.45) is 0 Å². The normalized spacial score (nSPS) is 11.8. The van der Waals surface area contributed by atoms with Gasteiger partial charge in [0.15, 0.2) is 17.5 Å². The number of furan rings is 1. The summed E-state index contributed by atoms with van der Waals surface area (Å²) in [6.07, 6.45) is 0. The fourth-order valence-corrected chi connectivity index (χ4v) is 7.96. The highest BCUT2D eigenvalue weighted by Gasteiger charge is 2.19. The predicted molar refractivity (Wildman–Crippen MR) is 219 cm³/mol. The number of nitrogens with zero attached hydrogens (tertiary/aromatic N) is 3. The smallest absolute Gasteiger partial charge is 0.164 e. The van der Waals surface area contributed by atoms with Gasteiger partial charge in [-0.2, -0.15) is 0 Å². The quantitative estimate of drug-likeness (QED) is 0.174. The first-order valence-electron chi connectivity index (χ1n) is 17.9. The van der Waals surface area contributed by atoms with E-state index < -0.39 is 0 Å². The molecular weight excluding hydrogens is 647 g/mol. The summed E-state index contributed by atoms with van der Waals surface area (Å²) in [5.41, 5.74) is 6.62. The van der Waals surface area contributed by atoms with E-state index in [4.69, 9.17) is 19.4 Å². The van der Waals surface area contributed by atoms with Crippen molar-refractivity contribution in [2.45, 2.75) is 0 Å². The first-order chi connectivity index (χ1) is 26.2. The van der Waals surface area contributed by atoms with Crippen LogP contribution in [-0.2, 0) is 0 Å². The molecule has 0 fully saturated rings. The Morgan fingerprint density at radius 1 is 0.302 bits per heavy atom. The average molecular weight is 676 g/mol. The van der Waals surface area contributed by atoms with Gasteiger partial charge in [-0.15, -0.1) is 0 Å². The molecule has 0 spiro atoms. The Morgan fingerprint density at radius 2 is 0.830 bits per heavy atom. The Bertz CT molecular complexity index is 3250. The van der Waals surface area contributed by atoms with Crippen molar-refractivity contribution in [3.05, 3.63) is 176 Å². The molecule has 4 heteroatoms. The third-order valence-corrected chi connectivity index (χ3v) is 10.5. The number of hydrogen-bond donors (Lipinski definition) is 0. The summed E-state index contributed by atoms with van der Waals surface area (Å²) in [4.78, 5) is 15.6. The lowest BCUT2D eigenvalue weighted by molar-refractivity contribution is 0.669. The van der Waals surface area contributed by atoms with Gasteiger partial charge in [0.25, 0.3) is 0 Å². The maximum Gasteiger partial charge on any atom is 0.164 e. The zero-order valence-corrected chi connectivity index (χ0v) is 28.5. The van der Waals surface area contributed by atoms with Crippen LogP contribution >= 0.6 is 0 Å². The van der Waals surface area contributed by atoms with E-state index in [2.05, 4.69) is 158 Å². The monoisotopic (exact) mass is 675 g/mol. The Kier molecular flexibility index (Phi) is 6.52. The maximum absolute atomic E-state index is 6.29. The van der Waals surface area contributed by atoms with Gasteiger partial charge in [-0.05, 0) is 78.5 Å². The first-order valence-corrected chi connectivity index (χ1v) is 17.9. The van der Waals surface area contributed by atoms with Crippen molar-refractivity contribution >= 4 is 65.0 Å². The van der Waals surface area contributed by atoms with E-state index in [1.807, 2.05) is 18.2 Å². The van der Waals surface area contributed by atoms with E-state index in [0.29, 0.717) is 17.5 Å². The summed E-state index contributed by atoms with van der Waals surface area (Å²) in [5, 5.41) is 11.8. The molecule has 4 nitrogen and oxygen atoms in total. The number of para-hydroxylation sites is 1. The third-order valence-electron chi connectivity index (χ3n) is 10.5. The van der Waals surface area contributed by atoms with E-state index >= 15 is 0 Å². The van der Waals surface area contributed by atoms with Gasteiger partial charge < -0.3 is 4.42 Å². The molecule has 9 aromatic carbocycles. The lowest BCUT2D eigenvalue weighted by atomic mass is 9.95. The summed E-state index contributed by atoms with van der Waals surface area (Å²) < 4.78 is 6.29. The number of fused-ring (bicyclic) bond motifs is 9.